The van der Waals surface area contributed by atoms with Gasteiger partial charge >= 0.3 is 0 Å². The van der Waals surface area contributed by atoms with E-state index in [9.17, 15) is 8.42 Å². The Kier molecular flexibility index (Phi) is 5.39. The van der Waals surface area contributed by atoms with Crippen molar-refractivity contribution in [2.75, 3.05) is 18.4 Å². The monoisotopic (exact) mass is 297 g/mol. The van der Waals surface area contributed by atoms with Gasteiger partial charge in [0, 0.05) is 18.3 Å². The van der Waals surface area contributed by atoms with Crippen LogP contribution in [0.5, 0.6) is 0 Å². The first kappa shape index (κ1) is 15.3. The molecule has 1 saturated carbocycles. The van der Waals surface area contributed by atoms with E-state index in [1.165, 1.54) is 0 Å². The van der Waals surface area contributed by atoms with Crippen LogP contribution >= 0.6 is 0 Å². The maximum absolute atomic E-state index is 12.0. The fraction of sp³-hybridized carbons (Fsp3) is 0.571. The van der Waals surface area contributed by atoms with Crippen molar-refractivity contribution < 1.29 is 8.42 Å². The van der Waals surface area contributed by atoms with Crippen molar-refractivity contribution in [1.29, 1.82) is 0 Å². The number of nitrogens with one attached hydrogen (secondary N) is 2. The second-order valence-electron chi connectivity index (χ2n) is 5.20. The highest BCUT2D eigenvalue weighted by molar-refractivity contribution is 7.89. The molecule has 1 aliphatic rings. The number of hydrogen-bond acceptors (Lipinski definition) is 4. The van der Waals surface area contributed by atoms with Crippen molar-refractivity contribution in [2.45, 2.75) is 43.0 Å². The van der Waals surface area contributed by atoms with Crippen molar-refractivity contribution in [3.05, 3.63) is 24.3 Å². The second kappa shape index (κ2) is 7.06. The first-order valence-corrected chi connectivity index (χ1v) is 8.66. The minimum absolute atomic E-state index is 0.139. The highest BCUT2D eigenvalue weighted by Gasteiger charge is 2.27. The van der Waals surface area contributed by atoms with Crippen molar-refractivity contribution in [3.63, 3.8) is 0 Å². The predicted octanol–water partition coefficient (Wildman–Crippen LogP) is 1.67. The maximum atomic E-state index is 12.0. The molecule has 0 heterocycles. The van der Waals surface area contributed by atoms with Crippen LogP contribution in [0.15, 0.2) is 29.2 Å². The Labute approximate surface area is 121 Å². The molecular formula is C14H23N3O2S. The molecule has 0 aromatic heterocycles. The van der Waals surface area contributed by atoms with Crippen LogP contribution in [0.2, 0.25) is 0 Å². The van der Waals surface area contributed by atoms with Gasteiger partial charge in [0.05, 0.1) is 4.90 Å². The van der Waals surface area contributed by atoms with E-state index in [0.29, 0.717) is 4.90 Å². The Bertz CT molecular complexity index is 510. The van der Waals surface area contributed by atoms with E-state index in [0.717, 1.165) is 50.9 Å². The fourth-order valence-corrected chi connectivity index (χ4v) is 3.22. The summed E-state index contributed by atoms with van der Waals surface area (Å²) in [6, 6.07) is 7.05. The Hall–Kier alpha value is -1.11. The lowest BCUT2D eigenvalue weighted by Gasteiger charge is -2.08. The van der Waals surface area contributed by atoms with Gasteiger partial charge in [0.2, 0.25) is 10.0 Å². The third-order valence-corrected chi connectivity index (χ3v) is 4.81. The van der Waals surface area contributed by atoms with Crippen LogP contribution in [-0.2, 0) is 10.0 Å². The predicted molar refractivity (Wildman–Crippen MR) is 81.2 cm³/mol. The van der Waals surface area contributed by atoms with Gasteiger partial charge in [-0.25, -0.2) is 13.1 Å². The highest BCUT2D eigenvalue weighted by Crippen LogP contribution is 2.22. The summed E-state index contributed by atoms with van der Waals surface area (Å²) in [6.07, 6.45) is 5.12. The van der Waals surface area contributed by atoms with E-state index in [-0.39, 0.29) is 6.04 Å². The summed E-state index contributed by atoms with van der Waals surface area (Å²) >= 11 is 0. The summed E-state index contributed by atoms with van der Waals surface area (Å²) in [5, 5.41) is 3.28. The Balaban J connectivity index is 1.82. The van der Waals surface area contributed by atoms with Gasteiger partial charge in [0.25, 0.3) is 0 Å². The minimum atomic E-state index is -3.34. The fourth-order valence-electron chi connectivity index (χ4n) is 1.92. The van der Waals surface area contributed by atoms with Crippen LogP contribution in [0.25, 0.3) is 0 Å². The summed E-state index contributed by atoms with van der Waals surface area (Å²) in [7, 11) is -3.34. The lowest BCUT2D eigenvalue weighted by atomic mass is 10.2. The first-order valence-electron chi connectivity index (χ1n) is 7.18. The van der Waals surface area contributed by atoms with E-state index < -0.39 is 10.0 Å². The van der Waals surface area contributed by atoms with E-state index in [1.54, 1.807) is 12.1 Å². The van der Waals surface area contributed by atoms with E-state index >= 15 is 0 Å². The maximum Gasteiger partial charge on any atom is 0.240 e. The summed E-state index contributed by atoms with van der Waals surface area (Å²) in [6.45, 7) is 1.62. The van der Waals surface area contributed by atoms with Gasteiger partial charge in [-0.3, -0.25) is 0 Å². The van der Waals surface area contributed by atoms with Crippen molar-refractivity contribution >= 4 is 15.7 Å². The number of hydrogen-bond donors (Lipinski definition) is 3. The van der Waals surface area contributed by atoms with Gasteiger partial charge in [0.15, 0.2) is 0 Å². The lowest BCUT2D eigenvalue weighted by Crippen LogP contribution is -2.25. The van der Waals surface area contributed by atoms with Gasteiger partial charge in [-0.2, -0.15) is 0 Å². The van der Waals surface area contributed by atoms with Gasteiger partial charge < -0.3 is 11.1 Å². The van der Waals surface area contributed by atoms with Crippen molar-refractivity contribution in [2.24, 2.45) is 5.73 Å². The largest absolute Gasteiger partial charge is 0.385 e. The van der Waals surface area contributed by atoms with Crippen LogP contribution in [0, 0.1) is 0 Å². The lowest BCUT2D eigenvalue weighted by molar-refractivity contribution is 0.581. The summed E-state index contributed by atoms with van der Waals surface area (Å²) < 4.78 is 26.6. The Morgan fingerprint density at radius 1 is 1.10 bits per heavy atom. The molecule has 20 heavy (non-hydrogen) atoms. The summed E-state index contributed by atoms with van der Waals surface area (Å²) in [5.41, 5.74) is 6.38. The number of sulfonamides is 1. The molecule has 0 amide bonds. The molecule has 1 aromatic carbocycles. The molecule has 0 saturated heterocycles. The third kappa shape index (κ3) is 4.77. The summed E-state index contributed by atoms with van der Waals surface area (Å²) in [4.78, 5) is 0.332. The SMILES string of the molecule is NCCCCCNc1ccc(S(=O)(=O)NC2CC2)cc1. The van der Waals surface area contributed by atoms with Crippen LogP contribution in [0.3, 0.4) is 0 Å². The third-order valence-electron chi connectivity index (χ3n) is 3.27. The molecule has 4 N–H and O–H groups in total. The van der Waals surface area contributed by atoms with Crippen LogP contribution < -0.4 is 15.8 Å². The van der Waals surface area contributed by atoms with Crippen molar-refractivity contribution in [1.82, 2.24) is 4.72 Å². The average Bonchev–Trinajstić information content (AvgIpc) is 3.22. The zero-order valence-electron chi connectivity index (χ0n) is 11.6. The molecule has 112 valence electrons. The Morgan fingerprint density at radius 2 is 1.80 bits per heavy atom. The zero-order valence-corrected chi connectivity index (χ0v) is 12.5. The molecule has 0 spiro atoms. The molecule has 6 heteroatoms. The van der Waals surface area contributed by atoms with Crippen LogP contribution in [-0.4, -0.2) is 27.5 Å². The van der Waals surface area contributed by atoms with E-state index in [1.807, 2.05) is 12.1 Å². The van der Waals surface area contributed by atoms with Gasteiger partial charge in [-0.05, 0) is 56.5 Å². The normalized spacial score (nSPS) is 15.2. The van der Waals surface area contributed by atoms with Crippen molar-refractivity contribution in [3.8, 4) is 0 Å². The van der Waals surface area contributed by atoms with E-state index in [4.69, 9.17) is 5.73 Å². The Morgan fingerprint density at radius 3 is 2.40 bits per heavy atom. The first-order chi connectivity index (χ1) is 9.62. The van der Waals surface area contributed by atoms with Crippen LogP contribution in [0.1, 0.15) is 32.1 Å². The molecule has 1 aliphatic carbocycles. The van der Waals surface area contributed by atoms with Gasteiger partial charge in [0.1, 0.15) is 0 Å². The number of nitrogens with two attached hydrogens (primary N) is 1. The average molecular weight is 297 g/mol. The number of anilines is 1. The quantitative estimate of drug-likeness (QED) is 0.605. The molecule has 2 rings (SSSR count). The topological polar surface area (TPSA) is 84.2 Å². The standard InChI is InChI=1S/C14H23N3O2S/c15-10-2-1-3-11-16-12-6-8-14(9-7-12)20(18,19)17-13-4-5-13/h6-9,13,16-17H,1-5,10-11,15H2. The smallest absolute Gasteiger partial charge is 0.240 e. The molecule has 1 aromatic rings. The number of benzene rings is 1. The number of unbranched alkanes of at least 4 members (excludes halogenated alkanes) is 2. The van der Waals surface area contributed by atoms with Crippen LogP contribution in [0.4, 0.5) is 5.69 Å². The van der Waals surface area contributed by atoms with E-state index in [2.05, 4.69) is 10.0 Å². The molecule has 0 atom stereocenters. The molecule has 0 radical (unpaired) electrons. The summed E-state index contributed by atoms with van der Waals surface area (Å²) in [5.74, 6) is 0. The molecular weight excluding hydrogens is 274 g/mol. The number of rotatable bonds is 9. The molecule has 0 bridgehead atoms. The molecule has 0 aliphatic heterocycles. The molecule has 1 fully saturated rings. The highest BCUT2D eigenvalue weighted by atomic mass is 32.2. The molecule has 5 nitrogen and oxygen atoms in total. The molecule has 0 unspecified atom stereocenters. The van der Waals surface area contributed by atoms with Gasteiger partial charge in [-0.15, -0.1) is 0 Å². The minimum Gasteiger partial charge on any atom is -0.385 e. The zero-order chi connectivity index (χ0) is 14.4. The van der Waals surface area contributed by atoms with Gasteiger partial charge in [-0.1, -0.05) is 6.42 Å². The second-order valence-corrected chi connectivity index (χ2v) is 6.91.